The Morgan fingerprint density at radius 2 is 2.22 bits per heavy atom. The molecule has 0 aliphatic carbocycles. The van der Waals surface area contributed by atoms with Gasteiger partial charge in [0.2, 0.25) is 5.88 Å². The average molecular weight is 353 g/mol. The predicted octanol–water partition coefficient (Wildman–Crippen LogP) is 3.75. The lowest BCUT2D eigenvalue weighted by atomic mass is 10.2. The van der Waals surface area contributed by atoms with Crippen LogP contribution in [0.4, 0.5) is 0 Å². The lowest BCUT2D eigenvalue weighted by molar-refractivity contribution is 0.438. The van der Waals surface area contributed by atoms with E-state index in [1.165, 1.54) is 12.0 Å². The number of hydrogen-bond donors (Lipinski definition) is 0. The standard InChI is InChI=1S/C9H11BrN2O2S2.C2H6/c1-5-3-4-16-9-11-7(14-15-2)6(10)8(13)12(5)9;1-2/h5H,3-4H2,1-2H3;1-2H3. The number of fused-ring (bicyclic) bond motifs is 1. The number of aromatic nitrogens is 2. The monoisotopic (exact) mass is 352 g/mol. The van der Waals surface area contributed by atoms with Crippen molar-refractivity contribution in [2.75, 3.05) is 12.0 Å². The minimum Gasteiger partial charge on any atom is -0.405 e. The first-order chi connectivity index (χ1) is 8.65. The Morgan fingerprint density at radius 3 is 2.83 bits per heavy atom. The molecule has 0 amide bonds. The van der Waals surface area contributed by atoms with E-state index in [4.69, 9.17) is 4.18 Å². The van der Waals surface area contributed by atoms with Gasteiger partial charge < -0.3 is 4.18 Å². The molecule has 0 radical (unpaired) electrons. The van der Waals surface area contributed by atoms with Crippen LogP contribution in [-0.4, -0.2) is 21.6 Å². The van der Waals surface area contributed by atoms with E-state index in [1.54, 1.807) is 22.6 Å². The third-order valence-corrected chi connectivity index (χ3v) is 4.36. The molecule has 0 bridgehead atoms. The molecule has 7 heteroatoms. The van der Waals surface area contributed by atoms with Gasteiger partial charge in [0.05, 0.1) is 12.0 Å². The number of hydrogen-bond acceptors (Lipinski definition) is 5. The molecule has 0 aromatic carbocycles. The third kappa shape index (κ3) is 3.24. The first-order valence-electron chi connectivity index (χ1n) is 5.80. The quantitative estimate of drug-likeness (QED) is 0.599. The van der Waals surface area contributed by atoms with Gasteiger partial charge in [0, 0.05) is 18.1 Å². The van der Waals surface area contributed by atoms with Crippen molar-refractivity contribution < 1.29 is 4.18 Å². The van der Waals surface area contributed by atoms with Gasteiger partial charge in [0.25, 0.3) is 5.56 Å². The van der Waals surface area contributed by atoms with Crippen molar-refractivity contribution in [1.82, 2.24) is 9.55 Å². The Labute approximate surface area is 124 Å². The lowest BCUT2D eigenvalue weighted by Gasteiger charge is -2.23. The second-order valence-corrected chi connectivity index (χ2v) is 5.78. The van der Waals surface area contributed by atoms with Crippen LogP contribution in [0.15, 0.2) is 14.4 Å². The molecular formula is C11H17BrN2O2S2. The highest BCUT2D eigenvalue weighted by Gasteiger charge is 2.23. The molecule has 1 aromatic rings. The molecule has 0 fully saturated rings. The van der Waals surface area contributed by atoms with Crippen molar-refractivity contribution in [3.8, 4) is 5.88 Å². The van der Waals surface area contributed by atoms with Crippen LogP contribution in [-0.2, 0) is 0 Å². The van der Waals surface area contributed by atoms with Crippen molar-refractivity contribution >= 4 is 39.7 Å². The highest BCUT2D eigenvalue weighted by Crippen LogP contribution is 2.32. The predicted molar refractivity (Wildman–Crippen MR) is 81.7 cm³/mol. The van der Waals surface area contributed by atoms with Crippen molar-refractivity contribution in [1.29, 1.82) is 0 Å². The molecule has 1 unspecified atom stereocenters. The Bertz CT molecular complexity index is 465. The zero-order chi connectivity index (χ0) is 13.7. The summed E-state index contributed by atoms with van der Waals surface area (Å²) in [4.78, 5) is 16.4. The summed E-state index contributed by atoms with van der Waals surface area (Å²) in [5.74, 6) is 1.36. The first-order valence-corrected chi connectivity index (χ1v) is 8.73. The van der Waals surface area contributed by atoms with E-state index in [1.807, 2.05) is 20.8 Å². The van der Waals surface area contributed by atoms with Crippen molar-refractivity contribution in [2.45, 2.75) is 38.4 Å². The fourth-order valence-electron chi connectivity index (χ4n) is 1.55. The molecule has 18 heavy (non-hydrogen) atoms. The first kappa shape index (κ1) is 15.9. The summed E-state index contributed by atoms with van der Waals surface area (Å²) in [7, 11) is 0. The normalized spacial score (nSPS) is 17.5. The van der Waals surface area contributed by atoms with Crippen LogP contribution in [0.25, 0.3) is 0 Å². The van der Waals surface area contributed by atoms with E-state index in [9.17, 15) is 4.79 Å². The van der Waals surface area contributed by atoms with Crippen LogP contribution >= 0.6 is 39.7 Å². The highest BCUT2D eigenvalue weighted by atomic mass is 79.9. The minimum atomic E-state index is -0.0613. The maximum absolute atomic E-state index is 12.1. The van der Waals surface area contributed by atoms with Gasteiger partial charge in [-0.05, 0) is 29.3 Å². The average Bonchev–Trinajstić information content (AvgIpc) is 2.38. The zero-order valence-electron chi connectivity index (χ0n) is 10.9. The smallest absolute Gasteiger partial charge is 0.272 e. The molecule has 102 valence electrons. The maximum atomic E-state index is 12.1. The Hall–Kier alpha value is -0.140. The second kappa shape index (κ2) is 7.45. The van der Waals surface area contributed by atoms with Gasteiger partial charge in [-0.1, -0.05) is 25.6 Å². The summed E-state index contributed by atoms with van der Waals surface area (Å²) < 4.78 is 7.38. The van der Waals surface area contributed by atoms with E-state index in [-0.39, 0.29) is 11.6 Å². The molecular weight excluding hydrogens is 336 g/mol. The second-order valence-electron chi connectivity index (χ2n) is 3.42. The Morgan fingerprint density at radius 1 is 1.56 bits per heavy atom. The molecule has 4 nitrogen and oxygen atoms in total. The Kier molecular flexibility index (Phi) is 6.59. The Balaban J connectivity index is 0.000000771. The van der Waals surface area contributed by atoms with Crippen LogP contribution < -0.4 is 9.74 Å². The van der Waals surface area contributed by atoms with Crippen LogP contribution in [0.3, 0.4) is 0 Å². The van der Waals surface area contributed by atoms with Crippen LogP contribution in [0, 0.1) is 0 Å². The molecule has 0 saturated carbocycles. The summed E-state index contributed by atoms with van der Waals surface area (Å²) in [5.41, 5.74) is -0.0613. The van der Waals surface area contributed by atoms with Gasteiger partial charge in [-0.25, -0.2) is 0 Å². The summed E-state index contributed by atoms with van der Waals surface area (Å²) in [6, 6.07) is 0.205. The molecule has 2 heterocycles. The molecule has 0 N–H and O–H groups in total. The van der Waals surface area contributed by atoms with Gasteiger partial charge in [0.1, 0.15) is 4.47 Å². The van der Waals surface area contributed by atoms with Gasteiger partial charge in [0.15, 0.2) is 5.16 Å². The minimum absolute atomic E-state index is 0.0613. The van der Waals surface area contributed by atoms with Gasteiger partial charge in [-0.15, -0.1) is 0 Å². The van der Waals surface area contributed by atoms with Crippen LogP contribution in [0.1, 0.15) is 33.2 Å². The number of halogens is 1. The van der Waals surface area contributed by atoms with E-state index >= 15 is 0 Å². The van der Waals surface area contributed by atoms with Crippen molar-refractivity contribution in [3.63, 3.8) is 0 Å². The largest absolute Gasteiger partial charge is 0.405 e. The van der Waals surface area contributed by atoms with Crippen LogP contribution in [0.2, 0.25) is 0 Å². The van der Waals surface area contributed by atoms with Crippen LogP contribution in [0.5, 0.6) is 5.88 Å². The fourth-order valence-corrected chi connectivity index (χ4v) is 3.49. The van der Waals surface area contributed by atoms with Crippen molar-refractivity contribution in [3.05, 3.63) is 14.8 Å². The molecule has 0 spiro atoms. The maximum Gasteiger partial charge on any atom is 0.272 e. The number of rotatable bonds is 2. The summed E-state index contributed by atoms with van der Waals surface area (Å²) in [5, 5.41) is 0.746. The molecule has 2 rings (SSSR count). The molecule has 1 aromatic heterocycles. The summed E-state index contributed by atoms with van der Waals surface area (Å²) in [6.07, 6.45) is 2.79. The topological polar surface area (TPSA) is 44.1 Å². The molecule has 1 aliphatic heterocycles. The van der Waals surface area contributed by atoms with Gasteiger partial charge in [-0.2, -0.15) is 4.98 Å². The SMILES string of the molecule is CC.CSOc1nc2n(c(=O)c1Br)C(C)CCS2. The molecule has 0 saturated heterocycles. The summed E-state index contributed by atoms with van der Waals surface area (Å²) in [6.45, 7) is 6.04. The van der Waals surface area contributed by atoms with E-state index in [2.05, 4.69) is 20.9 Å². The zero-order valence-corrected chi connectivity index (χ0v) is 14.1. The summed E-state index contributed by atoms with van der Waals surface area (Å²) >= 11 is 6.02. The molecule has 1 aliphatic rings. The lowest BCUT2D eigenvalue weighted by Crippen LogP contribution is -2.29. The number of nitrogens with zero attached hydrogens (tertiary/aromatic N) is 2. The fraction of sp³-hybridized carbons (Fsp3) is 0.636. The van der Waals surface area contributed by atoms with E-state index in [0.29, 0.717) is 10.4 Å². The van der Waals surface area contributed by atoms with Gasteiger partial charge in [-0.3, -0.25) is 9.36 Å². The number of thioether (sulfide) groups is 1. The third-order valence-electron chi connectivity index (χ3n) is 2.37. The van der Waals surface area contributed by atoms with E-state index < -0.39 is 0 Å². The van der Waals surface area contributed by atoms with Gasteiger partial charge >= 0.3 is 0 Å². The molecule has 1 atom stereocenters. The van der Waals surface area contributed by atoms with E-state index in [0.717, 1.165) is 17.3 Å². The van der Waals surface area contributed by atoms with Crippen molar-refractivity contribution in [2.24, 2.45) is 0 Å². The highest BCUT2D eigenvalue weighted by molar-refractivity contribution is 9.10.